The summed E-state index contributed by atoms with van der Waals surface area (Å²) in [4.78, 5) is 27.7. The number of carbonyl (C=O) groups is 2. The number of hydrogen-bond donors (Lipinski definition) is 1. The van der Waals surface area contributed by atoms with Gasteiger partial charge in [0.15, 0.2) is 9.84 Å². The van der Waals surface area contributed by atoms with Crippen molar-refractivity contribution in [2.24, 2.45) is 0 Å². The molecule has 150 valence electrons. The van der Waals surface area contributed by atoms with Gasteiger partial charge in [0.1, 0.15) is 0 Å². The summed E-state index contributed by atoms with van der Waals surface area (Å²) in [6.45, 7) is 1.60. The van der Waals surface area contributed by atoms with Gasteiger partial charge >= 0.3 is 0 Å². The Morgan fingerprint density at radius 1 is 1.11 bits per heavy atom. The van der Waals surface area contributed by atoms with Gasteiger partial charge in [-0.15, -0.1) is 11.3 Å². The van der Waals surface area contributed by atoms with E-state index in [1.165, 1.54) is 10.4 Å². The maximum absolute atomic E-state index is 12.3. The van der Waals surface area contributed by atoms with Crippen molar-refractivity contribution in [3.8, 4) is 0 Å². The van der Waals surface area contributed by atoms with Crippen molar-refractivity contribution in [3.63, 3.8) is 0 Å². The second-order valence-corrected chi connectivity index (χ2v) is 9.88. The van der Waals surface area contributed by atoms with Gasteiger partial charge in [-0.05, 0) is 42.0 Å². The molecule has 0 atom stereocenters. The predicted octanol–water partition coefficient (Wildman–Crippen LogP) is 2.39. The lowest BCUT2D eigenvalue weighted by molar-refractivity contribution is -0.134. The van der Waals surface area contributed by atoms with Crippen molar-refractivity contribution >= 4 is 33.0 Å². The minimum Gasteiger partial charge on any atom is -0.356 e. The van der Waals surface area contributed by atoms with Crippen LogP contribution in [-0.4, -0.2) is 44.0 Å². The molecular formula is C20H24N2O4S2. The highest BCUT2D eigenvalue weighted by molar-refractivity contribution is 7.91. The number of sulfone groups is 1. The van der Waals surface area contributed by atoms with Gasteiger partial charge in [0.2, 0.25) is 11.8 Å². The molecule has 0 fully saturated rings. The molecule has 8 heteroatoms. The molecule has 28 heavy (non-hydrogen) atoms. The van der Waals surface area contributed by atoms with Crippen molar-refractivity contribution in [3.05, 3.63) is 52.2 Å². The normalized spacial score (nSPS) is 13.8. The molecule has 2 heterocycles. The van der Waals surface area contributed by atoms with Gasteiger partial charge in [-0.25, -0.2) is 8.42 Å². The summed E-state index contributed by atoms with van der Waals surface area (Å²) in [5.74, 6) is -0.259. The topological polar surface area (TPSA) is 83.6 Å². The summed E-state index contributed by atoms with van der Waals surface area (Å²) in [7, 11) is -3.33. The molecule has 0 bridgehead atoms. The molecule has 2 aromatic rings. The van der Waals surface area contributed by atoms with Crippen molar-refractivity contribution in [1.29, 1.82) is 0 Å². The highest BCUT2D eigenvalue weighted by atomic mass is 32.2. The van der Waals surface area contributed by atoms with Crippen LogP contribution in [0.5, 0.6) is 0 Å². The maximum atomic E-state index is 12.3. The van der Waals surface area contributed by atoms with Crippen LogP contribution in [0.4, 0.5) is 0 Å². The summed E-state index contributed by atoms with van der Waals surface area (Å²) in [5, 5.41) is 4.75. The van der Waals surface area contributed by atoms with Gasteiger partial charge in [-0.1, -0.05) is 18.2 Å². The molecule has 0 unspecified atom stereocenters. The van der Waals surface area contributed by atoms with E-state index in [9.17, 15) is 18.0 Å². The number of nitrogens with zero attached hydrogens (tertiary/aromatic N) is 1. The molecule has 1 aromatic carbocycles. The quantitative estimate of drug-likeness (QED) is 0.665. The Hall–Kier alpha value is -2.19. The van der Waals surface area contributed by atoms with Crippen LogP contribution in [0, 0.1) is 0 Å². The van der Waals surface area contributed by atoms with Crippen LogP contribution in [0.2, 0.25) is 0 Å². The number of rotatable bonds is 8. The summed E-state index contributed by atoms with van der Waals surface area (Å²) < 4.78 is 24.3. The third-order valence-corrected chi connectivity index (χ3v) is 7.58. The first-order chi connectivity index (χ1) is 13.5. The molecule has 0 radical (unpaired) electrons. The second-order valence-electron chi connectivity index (χ2n) is 6.77. The lowest BCUT2D eigenvalue weighted by Gasteiger charge is -2.27. The Kier molecular flexibility index (Phi) is 6.85. The van der Waals surface area contributed by atoms with E-state index in [4.69, 9.17) is 0 Å². The van der Waals surface area contributed by atoms with E-state index in [2.05, 4.69) is 11.4 Å². The summed E-state index contributed by atoms with van der Waals surface area (Å²) >= 11 is 1.72. The number of fused-ring (bicyclic) bond motifs is 1. The first kappa shape index (κ1) is 20.5. The number of hydrogen-bond acceptors (Lipinski definition) is 5. The Bertz CT molecular complexity index is 923. The summed E-state index contributed by atoms with van der Waals surface area (Å²) in [5.41, 5.74) is 1.20. The van der Waals surface area contributed by atoms with E-state index < -0.39 is 9.84 Å². The van der Waals surface area contributed by atoms with E-state index in [1.54, 1.807) is 46.6 Å². The first-order valence-electron chi connectivity index (χ1n) is 9.33. The molecule has 3 rings (SSSR count). The van der Waals surface area contributed by atoms with Crippen LogP contribution in [0.15, 0.2) is 46.7 Å². The van der Waals surface area contributed by atoms with Crippen molar-refractivity contribution in [2.45, 2.75) is 37.1 Å². The van der Waals surface area contributed by atoms with Crippen LogP contribution in [0.3, 0.4) is 0 Å². The van der Waals surface area contributed by atoms with E-state index in [0.29, 0.717) is 24.4 Å². The number of nitrogens with one attached hydrogen (secondary N) is 1. The first-order valence-corrected chi connectivity index (χ1v) is 11.9. The van der Waals surface area contributed by atoms with E-state index in [1.807, 2.05) is 5.38 Å². The molecular weight excluding hydrogens is 396 g/mol. The highest BCUT2D eigenvalue weighted by Crippen LogP contribution is 2.24. The third-order valence-electron chi connectivity index (χ3n) is 4.74. The van der Waals surface area contributed by atoms with Crippen LogP contribution in [0.1, 0.15) is 29.7 Å². The summed E-state index contributed by atoms with van der Waals surface area (Å²) in [6.07, 6.45) is 1.51. The van der Waals surface area contributed by atoms with Gasteiger partial charge in [-0.3, -0.25) is 9.59 Å². The number of benzene rings is 1. The SMILES string of the molecule is O=C(CCC(=O)N1CCc2sccc2C1)NCCCS(=O)(=O)c1ccccc1. The van der Waals surface area contributed by atoms with Gasteiger partial charge < -0.3 is 10.2 Å². The zero-order valence-electron chi connectivity index (χ0n) is 15.6. The van der Waals surface area contributed by atoms with Gasteiger partial charge in [0, 0.05) is 37.4 Å². The van der Waals surface area contributed by atoms with Crippen molar-refractivity contribution in [2.75, 3.05) is 18.8 Å². The Morgan fingerprint density at radius 3 is 2.68 bits per heavy atom. The fourth-order valence-electron chi connectivity index (χ4n) is 3.16. The van der Waals surface area contributed by atoms with Gasteiger partial charge in [0.25, 0.3) is 0 Å². The average molecular weight is 421 g/mol. The van der Waals surface area contributed by atoms with Crippen LogP contribution in [0.25, 0.3) is 0 Å². The molecule has 0 saturated carbocycles. The van der Waals surface area contributed by atoms with E-state index >= 15 is 0 Å². The predicted molar refractivity (Wildman–Crippen MR) is 109 cm³/mol. The minimum absolute atomic E-state index is 0.0151. The Balaban J connectivity index is 1.34. The second kappa shape index (κ2) is 9.34. The molecule has 6 nitrogen and oxygen atoms in total. The molecule has 1 aliphatic heterocycles. The molecule has 0 aliphatic carbocycles. The van der Waals surface area contributed by atoms with Crippen molar-refractivity contribution < 1.29 is 18.0 Å². The van der Waals surface area contributed by atoms with Crippen LogP contribution < -0.4 is 5.32 Å². The molecule has 1 N–H and O–H groups in total. The monoisotopic (exact) mass is 420 g/mol. The fraction of sp³-hybridized carbons (Fsp3) is 0.400. The average Bonchev–Trinajstić information content (AvgIpc) is 3.18. The number of amides is 2. The molecule has 1 aliphatic rings. The van der Waals surface area contributed by atoms with E-state index in [-0.39, 0.29) is 37.0 Å². The van der Waals surface area contributed by atoms with Crippen LogP contribution >= 0.6 is 11.3 Å². The molecule has 0 saturated heterocycles. The lowest BCUT2D eigenvalue weighted by Crippen LogP contribution is -2.36. The van der Waals surface area contributed by atoms with Gasteiger partial charge in [0.05, 0.1) is 10.6 Å². The lowest BCUT2D eigenvalue weighted by atomic mass is 10.1. The molecule has 1 aromatic heterocycles. The number of carbonyl (C=O) groups excluding carboxylic acids is 2. The highest BCUT2D eigenvalue weighted by Gasteiger charge is 2.21. The zero-order chi connectivity index (χ0) is 20.0. The standard InChI is InChI=1S/C20H24N2O4S2/c23-19(21-11-4-14-28(25,26)17-5-2-1-3-6-17)7-8-20(24)22-12-9-18-16(15-22)10-13-27-18/h1-3,5-6,10,13H,4,7-9,11-12,14-15H2,(H,21,23). The molecule has 2 amide bonds. The Morgan fingerprint density at radius 2 is 1.89 bits per heavy atom. The maximum Gasteiger partial charge on any atom is 0.223 e. The van der Waals surface area contributed by atoms with Gasteiger partial charge in [-0.2, -0.15) is 0 Å². The number of thiophene rings is 1. The summed E-state index contributed by atoms with van der Waals surface area (Å²) in [6, 6.07) is 10.3. The Labute approximate surface area is 169 Å². The molecule has 0 spiro atoms. The van der Waals surface area contributed by atoms with Crippen molar-refractivity contribution in [1.82, 2.24) is 10.2 Å². The zero-order valence-corrected chi connectivity index (χ0v) is 17.2. The minimum atomic E-state index is -3.33. The third kappa shape index (κ3) is 5.42. The smallest absolute Gasteiger partial charge is 0.223 e. The van der Waals surface area contributed by atoms with Crippen LogP contribution in [-0.2, 0) is 32.4 Å². The largest absolute Gasteiger partial charge is 0.356 e. The fourth-order valence-corrected chi connectivity index (χ4v) is 5.39. The van der Waals surface area contributed by atoms with E-state index in [0.717, 1.165) is 6.42 Å².